The van der Waals surface area contributed by atoms with Crippen LogP contribution in [0.15, 0.2) is 25.8 Å². The Kier molecular flexibility index (Phi) is 3.79. The molecule has 0 atom stereocenters. The van der Waals surface area contributed by atoms with Gasteiger partial charge in [-0.3, -0.25) is 0 Å². The molecule has 0 aliphatic carbocycles. The minimum Gasteiger partial charge on any atom is -0.458 e. The molecule has 0 spiro atoms. The topological polar surface area (TPSA) is 63.6 Å². The zero-order chi connectivity index (χ0) is 15.9. The van der Waals surface area contributed by atoms with E-state index in [0.717, 1.165) is 45.9 Å². The van der Waals surface area contributed by atoms with Crippen LogP contribution in [0, 0.1) is 0 Å². The van der Waals surface area contributed by atoms with Gasteiger partial charge in [0.25, 0.3) is 0 Å². The van der Waals surface area contributed by atoms with Crippen LogP contribution in [0.3, 0.4) is 0 Å². The molecule has 0 saturated carbocycles. The number of fused-ring (bicyclic) bond motifs is 2. The van der Waals surface area contributed by atoms with E-state index in [1.807, 2.05) is 26.8 Å². The number of hydrogen-bond acceptors (Lipinski definition) is 4. The van der Waals surface area contributed by atoms with Crippen LogP contribution in [0.4, 0.5) is 0 Å². The number of hydrogen-bond donors (Lipinski definition) is 1. The quantitative estimate of drug-likeness (QED) is 0.746. The van der Waals surface area contributed by atoms with Crippen molar-refractivity contribution >= 4 is 21.9 Å². The maximum absolute atomic E-state index is 11.8. The highest BCUT2D eigenvalue weighted by Crippen LogP contribution is 2.35. The number of aliphatic hydroxyl groups is 1. The fourth-order valence-electron chi connectivity index (χ4n) is 3.21. The highest BCUT2D eigenvalue weighted by atomic mass is 16.4. The summed E-state index contributed by atoms with van der Waals surface area (Å²) in [6, 6.07) is 3.60. The van der Waals surface area contributed by atoms with Crippen molar-refractivity contribution in [1.29, 1.82) is 0 Å². The molecule has 2 aromatic heterocycles. The zero-order valence-corrected chi connectivity index (χ0v) is 13.2. The molecular formula is C18H20O4. The van der Waals surface area contributed by atoms with Crippen molar-refractivity contribution in [3.05, 3.63) is 45.0 Å². The van der Waals surface area contributed by atoms with Crippen LogP contribution in [0.25, 0.3) is 21.9 Å². The molecule has 0 bridgehead atoms. The Bertz CT molecular complexity index is 899. The van der Waals surface area contributed by atoms with Gasteiger partial charge < -0.3 is 13.9 Å². The normalized spacial score (nSPS) is 11.6. The van der Waals surface area contributed by atoms with Crippen molar-refractivity contribution in [2.24, 2.45) is 0 Å². The fourth-order valence-corrected chi connectivity index (χ4v) is 3.21. The predicted molar refractivity (Wildman–Crippen MR) is 86.3 cm³/mol. The second-order valence-corrected chi connectivity index (χ2v) is 5.42. The average Bonchev–Trinajstić information content (AvgIpc) is 2.89. The van der Waals surface area contributed by atoms with E-state index in [4.69, 9.17) is 8.83 Å². The molecule has 0 saturated heterocycles. The van der Waals surface area contributed by atoms with E-state index in [-0.39, 0.29) is 12.2 Å². The van der Waals surface area contributed by atoms with Crippen molar-refractivity contribution in [2.45, 2.75) is 46.6 Å². The van der Waals surface area contributed by atoms with Crippen molar-refractivity contribution in [3.8, 4) is 0 Å². The van der Waals surface area contributed by atoms with Crippen LogP contribution in [0.1, 0.15) is 43.2 Å². The maximum atomic E-state index is 11.8. The molecule has 0 radical (unpaired) electrons. The molecule has 1 N–H and O–H groups in total. The monoisotopic (exact) mass is 300 g/mol. The molecular weight excluding hydrogens is 280 g/mol. The lowest BCUT2D eigenvalue weighted by atomic mass is 9.98. The van der Waals surface area contributed by atoms with Crippen molar-refractivity contribution in [3.63, 3.8) is 0 Å². The Labute approximate surface area is 128 Å². The van der Waals surface area contributed by atoms with Gasteiger partial charge in [-0.1, -0.05) is 20.8 Å². The van der Waals surface area contributed by atoms with E-state index in [1.54, 1.807) is 6.07 Å². The first-order chi connectivity index (χ1) is 10.6. The molecule has 1 aromatic carbocycles. The first-order valence-corrected chi connectivity index (χ1v) is 7.78. The molecule has 0 fully saturated rings. The van der Waals surface area contributed by atoms with E-state index in [9.17, 15) is 9.90 Å². The second kappa shape index (κ2) is 5.61. The molecule has 3 aromatic rings. The lowest BCUT2D eigenvalue weighted by Crippen LogP contribution is -2.02. The van der Waals surface area contributed by atoms with Gasteiger partial charge in [-0.25, -0.2) is 4.79 Å². The van der Waals surface area contributed by atoms with Gasteiger partial charge in [0, 0.05) is 28.0 Å². The lowest BCUT2D eigenvalue weighted by Gasteiger charge is -2.08. The fraction of sp³-hybridized carbons (Fsp3) is 0.389. The first-order valence-electron chi connectivity index (χ1n) is 7.78. The Hall–Kier alpha value is -2.07. The third kappa shape index (κ3) is 2.06. The van der Waals surface area contributed by atoms with Crippen LogP contribution < -0.4 is 5.63 Å². The molecule has 4 nitrogen and oxygen atoms in total. The van der Waals surface area contributed by atoms with Crippen molar-refractivity contribution in [2.75, 3.05) is 0 Å². The summed E-state index contributed by atoms with van der Waals surface area (Å²) in [5.41, 5.74) is 3.92. The van der Waals surface area contributed by atoms with Gasteiger partial charge in [0.1, 0.15) is 23.5 Å². The number of furan rings is 1. The highest BCUT2D eigenvalue weighted by Gasteiger charge is 2.19. The van der Waals surface area contributed by atoms with Crippen molar-refractivity contribution < 1.29 is 13.9 Å². The summed E-state index contributed by atoms with van der Waals surface area (Å²) in [5, 5.41) is 11.5. The Morgan fingerprint density at radius 2 is 1.59 bits per heavy atom. The molecule has 3 rings (SSSR count). The SMILES string of the molecule is CCc1cc(=O)oc2c(CC)c3oc(CO)c(CC)c3cc12. The summed E-state index contributed by atoms with van der Waals surface area (Å²) in [6.45, 7) is 5.96. The van der Waals surface area contributed by atoms with E-state index >= 15 is 0 Å². The molecule has 116 valence electrons. The minimum absolute atomic E-state index is 0.123. The summed E-state index contributed by atoms with van der Waals surface area (Å²) in [7, 11) is 0. The molecule has 4 heteroatoms. The van der Waals surface area contributed by atoms with Crippen LogP contribution in [-0.2, 0) is 25.9 Å². The smallest absolute Gasteiger partial charge is 0.336 e. The number of aliphatic hydroxyl groups excluding tert-OH is 1. The van der Waals surface area contributed by atoms with Gasteiger partial charge in [-0.15, -0.1) is 0 Å². The van der Waals surface area contributed by atoms with Crippen LogP contribution in [-0.4, -0.2) is 5.11 Å². The third-order valence-electron chi connectivity index (χ3n) is 4.29. The second-order valence-electron chi connectivity index (χ2n) is 5.42. The number of rotatable bonds is 4. The summed E-state index contributed by atoms with van der Waals surface area (Å²) in [6.07, 6.45) is 2.25. The Balaban J connectivity index is 2.55. The van der Waals surface area contributed by atoms with Gasteiger partial charge in [0.05, 0.1) is 0 Å². The predicted octanol–water partition coefficient (Wildman–Crippen LogP) is 3.72. The lowest BCUT2D eigenvalue weighted by molar-refractivity contribution is 0.249. The summed E-state index contributed by atoms with van der Waals surface area (Å²) < 4.78 is 11.3. The summed E-state index contributed by atoms with van der Waals surface area (Å²) in [4.78, 5) is 11.8. The van der Waals surface area contributed by atoms with Crippen molar-refractivity contribution in [1.82, 2.24) is 0 Å². The van der Waals surface area contributed by atoms with Gasteiger partial charge >= 0.3 is 5.63 Å². The summed E-state index contributed by atoms with van der Waals surface area (Å²) in [5.74, 6) is 0.600. The molecule has 2 heterocycles. The van der Waals surface area contributed by atoms with Gasteiger partial charge in [-0.05, 0) is 30.9 Å². The molecule has 0 aliphatic heterocycles. The third-order valence-corrected chi connectivity index (χ3v) is 4.29. The van der Waals surface area contributed by atoms with Crippen LogP contribution >= 0.6 is 0 Å². The largest absolute Gasteiger partial charge is 0.458 e. The number of aryl methyl sites for hydroxylation is 3. The van der Waals surface area contributed by atoms with E-state index in [1.165, 1.54) is 0 Å². The van der Waals surface area contributed by atoms with Gasteiger partial charge in [-0.2, -0.15) is 0 Å². The molecule has 0 aliphatic rings. The highest BCUT2D eigenvalue weighted by molar-refractivity contribution is 6.00. The Morgan fingerprint density at radius 3 is 2.18 bits per heavy atom. The molecule has 22 heavy (non-hydrogen) atoms. The summed E-state index contributed by atoms with van der Waals surface area (Å²) >= 11 is 0. The molecule has 0 unspecified atom stereocenters. The van der Waals surface area contributed by atoms with Gasteiger partial charge in [0.2, 0.25) is 0 Å². The maximum Gasteiger partial charge on any atom is 0.336 e. The van der Waals surface area contributed by atoms with E-state index in [2.05, 4.69) is 0 Å². The van der Waals surface area contributed by atoms with Crippen LogP contribution in [0.5, 0.6) is 0 Å². The standard InChI is InChI=1S/C18H20O4/c1-4-10-7-16(20)22-17-12(6-3)18-14(8-13(10)17)11(5-2)15(9-19)21-18/h7-8,19H,4-6,9H2,1-3H3. The zero-order valence-electron chi connectivity index (χ0n) is 13.2. The number of benzene rings is 1. The van der Waals surface area contributed by atoms with E-state index in [0.29, 0.717) is 17.8 Å². The van der Waals surface area contributed by atoms with Gasteiger partial charge in [0.15, 0.2) is 0 Å². The first kappa shape index (κ1) is 14.9. The van der Waals surface area contributed by atoms with E-state index < -0.39 is 0 Å². The average molecular weight is 300 g/mol. The molecule has 0 amide bonds. The Morgan fingerprint density at radius 1 is 0.909 bits per heavy atom. The van der Waals surface area contributed by atoms with Crippen LogP contribution in [0.2, 0.25) is 0 Å². The minimum atomic E-state index is -0.331.